The van der Waals surface area contributed by atoms with Gasteiger partial charge in [0, 0.05) is 23.8 Å². The Morgan fingerprint density at radius 1 is 1.08 bits per heavy atom. The van der Waals surface area contributed by atoms with Gasteiger partial charge >= 0.3 is 12.2 Å². The van der Waals surface area contributed by atoms with Crippen LogP contribution in [0.1, 0.15) is 40.9 Å². The zero-order chi connectivity index (χ0) is 25.9. The normalized spacial score (nSPS) is 14.1. The summed E-state index contributed by atoms with van der Waals surface area (Å²) >= 11 is 5.71. The van der Waals surface area contributed by atoms with Gasteiger partial charge in [0.25, 0.3) is 0 Å². The van der Waals surface area contributed by atoms with Crippen LogP contribution in [-0.4, -0.2) is 33.8 Å². The predicted molar refractivity (Wildman–Crippen MR) is 125 cm³/mol. The summed E-state index contributed by atoms with van der Waals surface area (Å²) in [4.78, 5) is 37.4. The van der Waals surface area contributed by atoms with Crippen LogP contribution in [-0.2, 0) is 17.5 Å². The molecule has 1 fully saturated rings. The van der Waals surface area contributed by atoms with Crippen molar-refractivity contribution in [2.45, 2.75) is 32.0 Å². The Bertz CT molecular complexity index is 1260. The third kappa shape index (κ3) is 5.91. The maximum Gasteiger partial charge on any atom is 0.418 e. The van der Waals surface area contributed by atoms with E-state index >= 15 is 0 Å². The molecule has 3 aromatic rings. The van der Waals surface area contributed by atoms with Crippen molar-refractivity contribution in [1.82, 2.24) is 20.3 Å². The monoisotopic (exact) mass is 519 g/mol. The summed E-state index contributed by atoms with van der Waals surface area (Å²) in [7, 11) is 1.42. The van der Waals surface area contributed by atoms with Crippen LogP contribution in [0.4, 0.5) is 24.5 Å². The van der Waals surface area contributed by atoms with E-state index in [0.717, 1.165) is 6.07 Å². The van der Waals surface area contributed by atoms with Gasteiger partial charge in [-0.05, 0) is 43.2 Å². The lowest BCUT2D eigenvalue weighted by Gasteiger charge is -2.16. The Morgan fingerprint density at radius 2 is 1.81 bits per heavy atom. The Morgan fingerprint density at radius 3 is 2.39 bits per heavy atom. The minimum atomic E-state index is -4.58. The molecule has 4 rings (SSSR count). The first-order valence-corrected chi connectivity index (χ1v) is 11.2. The molecule has 36 heavy (non-hydrogen) atoms. The number of anilines is 2. The number of ketones is 1. The summed E-state index contributed by atoms with van der Waals surface area (Å²) in [6, 6.07) is 6.74. The van der Waals surface area contributed by atoms with Gasteiger partial charge in [-0.15, -0.1) is 0 Å². The summed E-state index contributed by atoms with van der Waals surface area (Å²) in [5, 5.41) is 5.46. The van der Waals surface area contributed by atoms with E-state index in [4.69, 9.17) is 16.3 Å². The van der Waals surface area contributed by atoms with Crippen LogP contribution in [0.3, 0.4) is 0 Å². The minimum Gasteiger partial charge on any atom is -0.467 e. The number of Topliss-reactive ketones (excluding diaryl/α,β-unsaturated/α-hetero) is 1. The smallest absolute Gasteiger partial charge is 0.418 e. The van der Waals surface area contributed by atoms with E-state index < -0.39 is 17.2 Å². The van der Waals surface area contributed by atoms with Crippen LogP contribution in [0.25, 0.3) is 0 Å². The van der Waals surface area contributed by atoms with Gasteiger partial charge in [-0.25, -0.2) is 9.97 Å². The van der Waals surface area contributed by atoms with Crippen LogP contribution in [0.15, 0.2) is 48.9 Å². The largest absolute Gasteiger partial charge is 0.467 e. The first-order valence-electron chi connectivity index (χ1n) is 10.9. The summed E-state index contributed by atoms with van der Waals surface area (Å²) in [6.45, 7) is 0.107. The van der Waals surface area contributed by atoms with E-state index in [9.17, 15) is 22.8 Å². The van der Waals surface area contributed by atoms with Crippen LogP contribution in [0.5, 0.6) is 6.01 Å². The Balaban J connectivity index is 1.34. The fourth-order valence-electron chi connectivity index (χ4n) is 3.59. The maximum atomic E-state index is 13.3. The van der Waals surface area contributed by atoms with Crippen molar-refractivity contribution in [3.63, 3.8) is 0 Å². The molecular weight excluding hydrogens is 499 g/mol. The van der Waals surface area contributed by atoms with E-state index in [1.807, 2.05) is 0 Å². The van der Waals surface area contributed by atoms with Crippen molar-refractivity contribution in [1.29, 1.82) is 0 Å². The number of benzene rings is 1. The third-order valence-corrected chi connectivity index (χ3v) is 6.02. The molecule has 1 aliphatic carbocycles. The number of nitrogens with zero attached hydrogens (tertiary/aromatic N) is 3. The molecule has 8 nitrogen and oxygen atoms in total. The van der Waals surface area contributed by atoms with Gasteiger partial charge in [0.15, 0.2) is 5.78 Å². The third-order valence-electron chi connectivity index (χ3n) is 5.79. The van der Waals surface area contributed by atoms with E-state index in [1.54, 1.807) is 12.1 Å². The molecule has 188 valence electrons. The molecule has 2 N–H and O–H groups in total. The van der Waals surface area contributed by atoms with Gasteiger partial charge in [-0.2, -0.15) is 13.2 Å². The number of nitrogens with one attached hydrogen (secondary N) is 2. The number of halogens is 4. The number of alkyl halides is 3. The van der Waals surface area contributed by atoms with E-state index in [2.05, 4.69) is 25.6 Å². The Labute approximate surface area is 209 Å². The molecule has 2 heterocycles. The quantitative estimate of drug-likeness (QED) is 0.385. The highest BCUT2D eigenvalue weighted by molar-refractivity contribution is 6.30. The molecule has 0 atom stereocenters. The fraction of sp³-hybridized carbons (Fsp3) is 0.292. The number of hydrogen-bond acceptors (Lipinski definition) is 7. The number of pyridine rings is 1. The fourth-order valence-corrected chi connectivity index (χ4v) is 3.76. The number of hydrogen-bond donors (Lipinski definition) is 2. The molecule has 1 amide bonds. The van der Waals surface area contributed by atoms with E-state index in [-0.39, 0.29) is 41.4 Å². The lowest BCUT2D eigenvalue weighted by Crippen LogP contribution is -2.33. The Kier molecular flexibility index (Phi) is 7.11. The molecule has 0 spiro atoms. The highest BCUT2D eigenvalue weighted by Crippen LogP contribution is 2.49. The molecule has 1 aromatic carbocycles. The molecule has 1 aliphatic rings. The second-order valence-corrected chi connectivity index (χ2v) is 8.81. The van der Waals surface area contributed by atoms with Crippen molar-refractivity contribution in [3.8, 4) is 6.01 Å². The SMILES string of the molecule is COc1ncc(C(=O)CC2(C(=O)NCc3ccc(Nc4ccc(Cl)cc4C(F)(F)F)cn3)CC2)cn1. The number of amides is 1. The van der Waals surface area contributed by atoms with Crippen LogP contribution in [0, 0.1) is 5.41 Å². The molecule has 0 unspecified atom stereocenters. The number of carbonyl (C=O) groups is 2. The summed E-state index contributed by atoms with van der Waals surface area (Å²) in [6.07, 6.45) is 0.725. The van der Waals surface area contributed by atoms with Crippen molar-refractivity contribution in [2.75, 3.05) is 12.4 Å². The predicted octanol–water partition coefficient (Wildman–Crippen LogP) is 4.97. The topological polar surface area (TPSA) is 106 Å². The van der Waals surface area contributed by atoms with Crippen LogP contribution >= 0.6 is 11.6 Å². The zero-order valence-corrected chi connectivity index (χ0v) is 19.8. The van der Waals surface area contributed by atoms with Crippen molar-refractivity contribution < 1.29 is 27.5 Å². The lowest BCUT2D eigenvalue weighted by molar-refractivity contribution is -0.137. The van der Waals surface area contributed by atoms with Gasteiger partial charge in [0.05, 0.1) is 53.5 Å². The number of ether oxygens (including phenoxy) is 1. The van der Waals surface area contributed by atoms with Gasteiger partial charge in [-0.1, -0.05) is 11.6 Å². The second-order valence-electron chi connectivity index (χ2n) is 8.37. The standard InChI is InChI=1S/C24H21ClF3N5O3/c1-36-22-31-10-14(11-32-22)20(34)9-23(6-7-23)21(35)30-12-16-3-4-17(13-29-16)33-19-5-2-15(25)8-18(19)24(26,27)28/h2-5,8,10-11,13,33H,6-7,9,12H2,1H3,(H,30,35). The Hall–Kier alpha value is -3.73. The van der Waals surface area contributed by atoms with Crippen molar-refractivity contribution in [2.24, 2.45) is 5.41 Å². The van der Waals surface area contributed by atoms with Crippen LogP contribution < -0.4 is 15.4 Å². The highest BCUT2D eigenvalue weighted by Gasteiger charge is 2.51. The molecule has 0 saturated heterocycles. The van der Waals surface area contributed by atoms with E-state index in [1.165, 1.54) is 37.8 Å². The number of carbonyl (C=O) groups excluding carboxylic acids is 2. The first kappa shape index (κ1) is 25.4. The molecule has 1 saturated carbocycles. The molecule has 12 heteroatoms. The molecule has 0 bridgehead atoms. The maximum absolute atomic E-state index is 13.3. The van der Waals surface area contributed by atoms with Gasteiger partial charge in [0.1, 0.15) is 0 Å². The lowest BCUT2D eigenvalue weighted by atomic mass is 9.96. The number of aromatic nitrogens is 3. The summed E-state index contributed by atoms with van der Waals surface area (Å²) < 4.78 is 44.8. The average molecular weight is 520 g/mol. The molecule has 0 aliphatic heterocycles. The van der Waals surface area contributed by atoms with Gasteiger partial charge in [0.2, 0.25) is 5.91 Å². The second kappa shape index (κ2) is 10.1. The minimum absolute atomic E-state index is 0.0236. The van der Waals surface area contributed by atoms with E-state index in [0.29, 0.717) is 29.8 Å². The summed E-state index contributed by atoms with van der Waals surface area (Å²) in [5.41, 5.74) is -0.681. The number of methoxy groups -OCH3 is 1. The molecular formula is C24H21ClF3N5O3. The highest BCUT2D eigenvalue weighted by atomic mass is 35.5. The first-order chi connectivity index (χ1) is 17.1. The van der Waals surface area contributed by atoms with Crippen molar-refractivity contribution >= 4 is 34.7 Å². The summed E-state index contributed by atoms with van der Waals surface area (Å²) in [5.74, 6) is -0.496. The number of rotatable bonds is 9. The molecule has 0 radical (unpaired) electrons. The van der Waals surface area contributed by atoms with Crippen LogP contribution in [0.2, 0.25) is 5.02 Å². The van der Waals surface area contributed by atoms with Gasteiger partial charge < -0.3 is 15.4 Å². The zero-order valence-electron chi connectivity index (χ0n) is 19.0. The average Bonchev–Trinajstić information content (AvgIpc) is 3.64. The van der Waals surface area contributed by atoms with Crippen molar-refractivity contribution in [3.05, 3.63) is 70.8 Å². The van der Waals surface area contributed by atoms with Gasteiger partial charge in [-0.3, -0.25) is 14.6 Å². The molecule has 2 aromatic heterocycles.